The zero-order valence-electron chi connectivity index (χ0n) is 5.36. The number of pyridine rings is 1. The topological polar surface area (TPSA) is 22.1 Å². The third-order valence-corrected chi connectivity index (χ3v) is 1.07. The molecule has 0 fully saturated rings. The maximum absolute atomic E-state index is 5.08. The van der Waals surface area contributed by atoms with E-state index < -0.39 is 0 Å². The van der Waals surface area contributed by atoms with Gasteiger partial charge in [-0.2, -0.15) is 0 Å². The minimum absolute atomic E-state index is 0.437. The second-order valence-electron chi connectivity index (χ2n) is 1.65. The van der Waals surface area contributed by atoms with Gasteiger partial charge in [-0.3, -0.25) is 0 Å². The lowest BCUT2D eigenvalue weighted by atomic mass is 10.5. The van der Waals surface area contributed by atoms with Gasteiger partial charge in [-0.25, -0.2) is 4.98 Å². The summed E-state index contributed by atoms with van der Waals surface area (Å²) in [6.45, 7) is 0.437. The molecule has 0 aliphatic rings. The van der Waals surface area contributed by atoms with E-state index in [4.69, 9.17) is 4.74 Å². The van der Waals surface area contributed by atoms with Gasteiger partial charge in [-0.1, -0.05) is 18.3 Å². The first-order chi connectivity index (χ1) is 4.93. The van der Waals surface area contributed by atoms with Crippen molar-refractivity contribution in [1.29, 1.82) is 0 Å². The fourth-order valence-electron chi connectivity index (χ4n) is 0.552. The molecule has 0 unspecified atom stereocenters. The first-order valence-electron chi connectivity index (χ1n) is 2.91. The SMILES string of the molecule is S=CCOc1ccccn1. The fraction of sp³-hybridized carbons (Fsp3) is 0.143. The molecule has 52 valence electrons. The Morgan fingerprint density at radius 2 is 2.50 bits per heavy atom. The van der Waals surface area contributed by atoms with E-state index >= 15 is 0 Å². The Kier molecular flexibility index (Phi) is 2.83. The molecule has 0 atom stereocenters. The Labute approximate surface area is 64.9 Å². The highest BCUT2D eigenvalue weighted by atomic mass is 32.1. The van der Waals surface area contributed by atoms with Crippen molar-refractivity contribution in [2.45, 2.75) is 0 Å². The summed E-state index contributed by atoms with van der Waals surface area (Å²) in [6, 6.07) is 5.49. The van der Waals surface area contributed by atoms with Crippen LogP contribution in [0.2, 0.25) is 0 Å². The van der Waals surface area contributed by atoms with E-state index in [2.05, 4.69) is 17.2 Å². The minimum Gasteiger partial charge on any atom is -0.473 e. The second kappa shape index (κ2) is 3.95. The van der Waals surface area contributed by atoms with Crippen molar-refractivity contribution >= 4 is 17.6 Å². The molecular formula is C7H7NOS. The third kappa shape index (κ3) is 2.11. The van der Waals surface area contributed by atoms with Gasteiger partial charge in [0.2, 0.25) is 5.88 Å². The van der Waals surface area contributed by atoms with Crippen LogP contribution < -0.4 is 4.74 Å². The quantitative estimate of drug-likeness (QED) is 0.614. The Morgan fingerprint density at radius 3 is 3.10 bits per heavy atom. The first kappa shape index (κ1) is 7.15. The van der Waals surface area contributed by atoms with Crippen LogP contribution in [-0.4, -0.2) is 17.0 Å². The standard InChI is InChI=1S/C7H7NOS/c10-6-5-9-7-3-1-2-4-8-7/h1-4,6H,5H2. The second-order valence-corrected chi connectivity index (χ2v) is 1.98. The molecule has 0 spiro atoms. The van der Waals surface area contributed by atoms with Crippen LogP contribution in [0.3, 0.4) is 0 Å². The smallest absolute Gasteiger partial charge is 0.213 e. The molecule has 10 heavy (non-hydrogen) atoms. The van der Waals surface area contributed by atoms with Crippen molar-refractivity contribution < 1.29 is 4.74 Å². The molecule has 1 aromatic rings. The molecule has 0 radical (unpaired) electrons. The Hall–Kier alpha value is -0.960. The predicted molar refractivity (Wildman–Crippen MR) is 43.4 cm³/mol. The summed E-state index contributed by atoms with van der Waals surface area (Å²) in [6.07, 6.45) is 1.68. The number of nitrogens with zero attached hydrogens (tertiary/aromatic N) is 1. The summed E-state index contributed by atoms with van der Waals surface area (Å²) in [5, 5.41) is 1.52. The van der Waals surface area contributed by atoms with Crippen LogP contribution in [0.4, 0.5) is 0 Å². The summed E-state index contributed by atoms with van der Waals surface area (Å²) < 4.78 is 5.08. The van der Waals surface area contributed by atoms with Gasteiger partial charge in [0.1, 0.15) is 6.61 Å². The summed E-state index contributed by atoms with van der Waals surface area (Å²) >= 11 is 4.57. The van der Waals surface area contributed by atoms with Gasteiger partial charge in [-0.15, -0.1) is 0 Å². The van der Waals surface area contributed by atoms with E-state index in [1.807, 2.05) is 12.1 Å². The van der Waals surface area contributed by atoms with Crippen LogP contribution in [0, 0.1) is 0 Å². The van der Waals surface area contributed by atoms with Crippen LogP contribution in [0.5, 0.6) is 5.88 Å². The number of rotatable bonds is 3. The van der Waals surface area contributed by atoms with Gasteiger partial charge < -0.3 is 4.74 Å². The minimum atomic E-state index is 0.437. The molecule has 0 aromatic carbocycles. The lowest BCUT2D eigenvalue weighted by molar-refractivity contribution is 0.367. The summed E-state index contributed by atoms with van der Waals surface area (Å²) in [4.78, 5) is 3.93. The molecule has 0 aliphatic carbocycles. The van der Waals surface area contributed by atoms with Crippen molar-refractivity contribution in [3.8, 4) is 5.88 Å². The van der Waals surface area contributed by atoms with Crippen molar-refractivity contribution in [2.24, 2.45) is 0 Å². The number of hydrogen-bond donors (Lipinski definition) is 0. The van der Waals surface area contributed by atoms with Crippen LogP contribution >= 0.6 is 12.2 Å². The highest BCUT2D eigenvalue weighted by molar-refractivity contribution is 7.79. The molecule has 0 amide bonds. The van der Waals surface area contributed by atoms with Gasteiger partial charge in [0.05, 0.1) is 0 Å². The zero-order valence-corrected chi connectivity index (χ0v) is 6.17. The Bertz CT molecular complexity index is 200. The van der Waals surface area contributed by atoms with Crippen LogP contribution in [0.25, 0.3) is 0 Å². The Balaban J connectivity index is 2.50. The monoisotopic (exact) mass is 153 g/mol. The highest BCUT2D eigenvalue weighted by Gasteiger charge is 1.87. The summed E-state index contributed by atoms with van der Waals surface area (Å²) in [5.74, 6) is 0.614. The average molecular weight is 153 g/mol. The van der Waals surface area contributed by atoms with Crippen LogP contribution in [0.1, 0.15) is 0 Å². The number of ether oxygens (including phenoxy) is 1. The van der Waals surface area contributed by atoms with Gasteiger partial charge >= 0.3 is 0 Å². The molecule has 0 saturated carbocycles. The van der Waals surface area contributed by atoms with Crippen LogP contribution in [-0.2, 0) is 0 Å². The average Bonchev–Trinajstić information content (AvgIpc) is 2.03. The molecule has 2 nitrogen and oxygen atoms in total. The Morgan fingerprint density at radius 1 is 1.60 bits per heavy atom. The maximum Gasteiger partial charge on any atom is 0.213 e. The maximum atomic E-state index is 5.08. The van der Waals surface area contributed by atoms with E-state index in [-0.39, 0.29) is 0 Å². The van der Waals surface area contributed by atoms with E-state index in [0.717, 1.165) is 0 Å². The molecule has 0 bridgehead atoms. The molecule has 1 aromatic heterocycles. The first-order valence-corrected chi connectivity index (χ1v) is 3.38. The lowest BCUT2D eigenvalue weighted by Gasteiger charge is -1.97. The molecule has 1 heterocycles. The van der Waals surface area contributed by atoms with Crippen molar-refractivity contribution in [3.05, 3.63) is 24.4 Å². The molecule has 3 heteroatoms. The third-order valence-electron chi connectivity index (χ3n) is 0.937. The van der Waals surface area contributed by atoms with Gasteiger partial charge in [-0.05, 0) is 6.07 Å². The molecule has 0 aliphatic heterocycles. The molecular weight excluding hydrogens is 146 g/mol. The molecule has 0 saturated heterocycles. The van der Waals surface area contributed by atoms with Gasteiger partial charge in [0, 0.05) is 17.6 Å². The van der Waals surface area contributed by atoms with E-state index in [9.17, 15) is 0 Å². The van der Waals surface area contributed by atoms with Crippen LogP contribution in [0.15, 0.2) is 24.4 Å². The van der Waals surface area contributed by atoms with E-state index in [1.54, 1.807) is 12.3 Å². The molecule has 0 N–H and O–H groups in total. The fourth-order valence-corrected chi connectivity index (χ4v) is 0.620. The zero-order chi connectivity index (χ0) is 7.23. The largest absolute Gasteiger partial charge is 0.473 e. The van der Waals surface area contributed by atoms with Crippen molar-refractivity contribution in [1.82, 2.24) is 4.98 Å². The molecule has 1 rings (SSSR count). The predicted octanol–water partition coefficient (Wildman–Crippen LogP) is 1.46. The number of aromatic nitrogens is 1. The number of thiocarbonyl (C=S) groups is 1. The van der Waals surface area contributed by atoms with Gasteiger partial charge in [0.25, 0.3) is 0 Å². The normalized spacial score (nSPS) is 8.80. The highest BCUT2D eigenvalue weighted by Crippen LogP contribution is 2.01. The number of hydrogen-bond acceptors (Lipinski definition) is 3. The lowest BCUT2D eigenvalue weighted by Crippen LogP contribution is -1.97. The van der Waals surface area contributed by atoms with Crippen molar-refractivity contribution in [3.63, 3.8) is 0 Å². The van der Waals surface area contributed by atoms with E-state index in [1.165, 1.54) is 5.37 Å². The van der Waals surface area contributed by atoms with E-state index in [0.29, 0.717) is 12.5 Å². The van der Waals surface area contributed by atoms with Crippen molar-refractivity contribution in [2.75, 3.05) is 6.61 Å². The van der Waals surface area contributed by atoms with Gasteiger partial charge in [0.15, 0.2) is 0 Å². The summed E-state index contributed by atoms with van der Waals surface area (Å²) in [7, 11) is 0. The summed E-state index contributed by atoms with van der Waals surface area (Å²) in [5.41, 5.74) is 0.